The summed E-state index contributed by atoms with van der Waals surface area (Å²) in [5, 5.41) is 3.45. The molecule has 0 aliphatic heterocycles. The Morgan fingerprint density at radius 1 is 1.15 bits per heavy atom. The number of hydrogen-bond donors (Lipinski definition) is 1. The third-order valence-corrected chi connectivity index (χ3v) is 3.82. The summed E-state index contributed by atoms with van der Waals surface area (Å²) in [4.78, 5) is 0. The second-order valence-electron chi connectivity index (χ2n) is 5.56. The Labute approximate surface area is 122 Å². The first-order valence-corrected chi connectivity index (χ1v) is 7.80. The Balaban J connectivity index is 1.88. The lowest BCUT2D eigenvalue weighted by Crippen LogP contribution is -2.38. The molecule has 1 aromatic carbocycles. The van der Waals surface area contributed by atoms with E-state index in [1.807, 2.05) is 0 Å². The van der Waals surface area contributed by atoms with Crippen LogP contribution in [0.1, 0.15) is 37.3 Å². The minimum absolute atomic E-state index is 0.260. The third kappa shape index (κ3) is 4.50. The molecule has 0 spiro atoms. The highest BCUT2D eigenvalue weighted by Crippen LogP contribution is 2.25. The first-order valence-electron chi connectivity index (χ1n) is 7.80. The Morgan fingerprint density at radius 3 is 2.70 bits per heavy atom. The molecule has 0 saturated carbocycles. The van der Waals surface area contributed by atoms with Gasteiger partial charge in [-0.2, -0.15) is 0 Å². The highest BCUT2D eigenvalue weighted by atomic mass is 16.5. The number of nitrogens with one attached hydrogen (secondary N) is 1. The highest BCUT2D eigenvalue weighted by Gasteiger charge is 2.12. The van der Waals surface area contributed by atoms with Crippen molar-refractivity contribution in [3.63, 3.8) is 0 Å². The molecule has 2 rings (SSSR count). The molecule has 1 N–H and O–H groups in total. The average Bonchev–Trinajstić information content (AvgIpc) is 2.50. The van der Waals surface area contributed by atoms with Gasteiger partial charge in [-0.25, -0.2) is 0 Å². The van der Waals surface area contributed by atoms with Gasteiger partial charge >= 0.3 is 0 Å². The van der Waals surface area contributed by atoms with Gasteiger partial charge in [0.05, 0.1) is 12.6 Å². The number of aryl methyl sites for hydroxylation is 2. The van der Waals surface area contributed by atoms with Crippen molar-refractivity contribution in [3.8, 4) is 5.75 Å². The Bertz CT molecular complexity index is 406. The Hall–Kier alpha value is -1.06. The van der Waals surface area contributed by atoms with Crippen molar-refractivity contribution in [1.82, 2.24) is 5.32 Å². The predicted octanol–water partition coefficient (Wildman–Crippen LogP) is 2.96. The maximum atomic E-state index is 5.94. The number of rotatable bonds is 8. The van der Waals surface area contributed by atoms with Gasteiger partial charge in [-0.05, 0) is 61.9 Å². The van der Waals surface area contributed by atoms with Gasteiger partial charge in [0.15, 0.2) is 0 Å². The maximum absolute atomic E-state index is 5.94. The quantitative estimate of drug-likeness (QED) is 0.792. The molecule has 1 aliphatic carbocycles. The molecule has 3 nitrogen and oxygen atoms in total. The van der Waals surface area contributed by atoms with E-state index in [9.17, 15) is 0 Å². The van der Waals surface area contributed by atoms with Crippen LogP contribution in [0.3, 0.4) is 0 Å². The van der Waals surface area contributed by atoms with Crippen molar-refractivity contribution in [1.29, 1.82) is 0 Å². The van der Waals surface area contributed by atoms with Crippen molar-refractivity contribution < 1.29 is 9.47 Å². The standard InChI is InChI=1S/C17H27NO2/c1-3-10-18-16(12-19-2)13-20-17-9-8-14-6-4-5-7-15(14)11-17/h8-9,11,16,18H,3-7,10,12-13H2,1-2H3. The van der Waals surface area contributed by atoms with E-state index >= 15 is 0 Å². The third-order valence-electron chi connectivity index (χ3n) is 3.82. The second-order valence-corrected chi connectivity index (χ2v) is 5.56. The molecule has 0 radical (unpaired) electrons. The molecule has 3 heteroatoms. The molecular formula is C17H27NO2. The summed E-state index contributed by atoms with van der Waals surface area (Å²) >= 11 is 0. The minimum atomic E-state index is 0.260. The van der Waals surface area contributed by atoms with Crippen LogP contribution in [0.5, 0.6) is 5.75 Å². The van der Waals surface area contributed by atoms with Crippen molar-refractivity contribution in [2.24, 2.45) is 0 Å². The number of fused-ring (bicyclic) bond motifs is 1. The maximum Gasteiger partial charge on any atom is 0.119 e. The van der Waals surface area contributed by atoms with Crippen LogP contribution in [0.4, 0.5) is 0 Å². The fraction of sp³-hybridized carbons (Fsp3) is 0.647. The van der Waals surface area contributed by atoms with Gasteiger partial charge in [0.25, 0.3) is 0 Å². The molecule has 0 heterocycles. The molecule has 0 bridgehead atoms. The molecule has 0 saturated heterocycles. The Kier molecular flexibility index (Phi) is 6.34. The van der Waals surface area contributed by atoms with Crippen LogP contribution < -0.4 is 10.1 Å². The van der Waals surface area contributed by atoms with Gasteiger partial charge in [0.1, 0.15) is 12.4 Å². The lowest BCUT2D eigenvalue weighted by Gasteiger charge is -2.20. The Morgan fingerprint density at radius 2 is 1.95 bits per heavy atom. The van der Waals surface area contributed by atoms with Crippen LogP contribution in [0.15, 0.2) is 18.2 Å². The van der Waals surface area contributed by atoms with Crippen LogP contribution in [0.25, 0.3) is 0 Å². The molecule has 1 aliphatic rings. The van der Waals surface area contributed by atoms with Gasteiger partial charge < -0.3 is 14.8 Å². The number of benzene rings is 1. The van der Waals surface area contributed by atoms with E-state index in [-0.39, 0.29) is 6.04 Å². The lowest BCUT2D eigenvalue weighted by molar-refractivity contribution is 0.136. The fourth-order valence-electron chi connectivity index (χ4n) is 2.71. The second kappa shape index (κ2) is 8.28. The molecular weight excluding hydrogens is 250 g/mol. The van der Waals surface area contributed by atoms with Crippen LogP contribution >= 0.6 is 0 Å². The monoisotopic (exact) mass is 277 g/mol. The first kappa shape index (κ1) is 15.3. The van der Waals surface area contributed by atoms with Crippen LogP contribution in [-0.4, -0.2) is 32.9 Å². The van der Waals surface area contributed by atoms with E-state index < -0.39 is 0 Å². The summed E-state index contributed by atoms with van der Waals surface area (Å²) in [6, 6.07) is 6.82. The van der Waals surface area contributed by atoms with Gasteiger partial charge in [0, 0.05) is 7.11 Å². The van der Waals surface area contributed by atoms with Gasteiger partial charge in [-0.15, -0.1) is 0 Å². The molecule has 0 amide bonds. The summed E-state index contributed by atoms with van der Waals surface area (Å²) in [7, 11) is 1.74. The van der Waals surface area contributed by atoms with E-state index in [0.29, 0.717) is 13.2 Å². The lowest BCUT2D eigenvalue weighted by atomic mass is 9.92. The molecule has 112 valence electrons. The first-order chi connectivity index (χ1) is 9.83. The predicted molar refractivity (Wildman–Crippen MR) is 82.5 cm³/mol. The number of ether oxygens (including phenoxy) is 2. The summed E-state index contributed by atoms with van der Waals surface area (Å²) in [6.45, 7) is 4.51. The van der Waals surface area contributed by atoms with Crippen LogP contribution in [0, 0.1) is 0 Å². The fourth-order valence-corrected chi connectivity index (χ4v) is 2.71. The van der Waals surface area contributed by atoms with E-state index in [4.69, 9.17) is 9.47 Å². The average molecular weight is 277 g/mol. The topological polar surface area (TPSA) is 30.5 Å². The summed E-state index contributed by atoms with van der Waals surface area (Å²) in [6.07, 6.45) is 6.17. The summed E-state index contributed by atoms with van der Waals surface area (Å²) in [5.74, 6) is 0.991. The molecule has 0 aromatic heterocycles. The zero-order chi connectivity index (χ0) is 14.2. The zero-order valence-electron chi connectivity index (χ0n) is 12.8. The van der Waals surface area contributed by atoms with Crippen molar-refractivity contribution >= 4 is 0 Å². The van der Waals surface area contributed by atoms with Crippen LogP contribution in [0.2, 0.25) is 0 Å². The SMILES string of the molecule is CCCNC(COC)COc1ccc2c(c1)CCCC2. The smallest absolute Gasteiger partial charge is 0.119 e. The van der Waals surface area contributed by atoms with Crippen molar-refractivity contribution in [2.75, 3.05) is 26.9 Å². The molecule has 1 aromatic rings. The van der Waals surface area contributed by atoms with E-state index in [0.717, 1.165) is 18.7 Å². The molecule has 0 fully saturated rings. The van der Waals surface area contributed by atoms with Crippen molar-refractivity contribution in [2.45, 2.75) is 45.1 Å². The van der Waals surface area contributed by atoms with Gasteiger partial charge in [0.2, 0.25) is 0 Å². The van der Waals surface area contributed by atoms with E-state index in [2.05, 4.69) is 30.4 Å². The van der Waals surface area contributed by atoms with Crippen molar-refractivity contribution in [3.05, 3.63) is 29.3 Å². The molecule has 1 atom stereocenters. The highest BCUT2D eigenvalue weighted by molar-refractivity contribution is 5.37. The molecule has 20 heavy (non-hydrogen) atoms. The summed E-state index contributed by atoms with van der Waals surface area (Å²) < 4.78 is 11.2. The zero-order valence-corrected chi connectivity index (χ0v) is 12.8. The number of methoxy groups -OCH3 is 1. The minimum Gasteiger partial charge on any atom is -0.492 e. The molecule has 1 unspecified atom stereocenters. The van der Waals surface area contributed by atoms with E-state index in [1.54, 1.807) is 7.11 Å². The summed E-state index contributed by atoms with van der Waals surface area (Å²) in [5.41, 5.74) is 2.97. The largest absolute Gasteiger partial charge is 0.492 e. The van der Waals surface area contributed by atoms with Crippen LogP contribution in [-0.2, 0) is 17.6 Å². The normalized spacial score (nSPS) is 15.7. The van der Waals surface area contributed by atoms with Gasteiger partial charge in [-0.1, -0.05) is 13.0 Å². The van der Waals surface area contributed by atoms with E-state index in [1.165, 1.54) is 36.8 Å². The number of hydrogen-bond acceptors (Lipinski definition) is 3. The van der Waals surface area contributed by atoms with Gasteiger partial charge in [-0.3, -0.25) is 0 Å².